The Morgan fingerprint density at radius 2 is 1.95 bits per heavy atom. The molecule has 0 spiro atoms. The van der Waals surface area contributed by atoms with Crippen LogP contribution < -0.4 is 10.1 Å². The van der Waals surface area contributed by atoms with Crippen molar-refractivity contribution in [1.82, 2.24) is 10.3 Å². The third-order valence-electron chi connectivity index (χ3n) is 3.11. The Morgan fingerprint density at radius 1 is 1.32 bits per heavy atom. The second-order valence-corrected chi connectivity index (χ2v) is 5.05. The van der Waals surface area contributed by atoms with Gasteiger partial charge in [-0.25, -0.2) is 4.79 Å². The molecule has 0 aliphatic heterocycles. The van der Waals surface area contributed by atoms with E-state index in [0.29, 0.717) is 5.02 Å². The van der Waals surface area contributed by atoms with Crippen LogP contribution in [-0.4, -0.2) is 29.0 Å². The van der Waals surface area contributed by atoms with Gasteiger partial charge in [0.1, 0.15) is 17.5 Å². The van der Waals surface area contributed by atoms with Gasteiger partial charge < -0.3 is 20.1 Å². The van der Waals surface area contributed by atoms with Crippen LogP contribution in [0.25, 0.3) is 0 Å². The van der Waals surface area contributed by atoms with Gasteiger partial charge in [0.15, 0.2) is 5.75 Å². The molecule has 1 aromatic carbocycles. The molecule has 1 aromatic heterocycles. The van der Waals surface area contributed by atoms with E-state index in [2.05, 4.69) is 10.3 Å². The van der Waals surface area contributed by atoms with Crippen molar-refractivity contribution >= 4 is 23.5 Å². The highest BCUT2D eigenvalue weighted by molar-refractivity contribution is 6.30. The van der Waals surface area contributed by atoms with Crippen molar-refractivity contribution in [3.63, 3.8) is 0 Å². The molecule has 3 N–H and O–H groups in total. The van der Waals surface area contributed by atoms with Gasteiger partial charge in [0.25, 0.3) is 5.91 Å². The number of nitrogens with one attached hydrogen (secondary N) is 2. The number of benzene rings is 1. The number of carbonyl (C=O) groups excluding carboxylic acids is 1. The van der Waals surface area contributed by atoms with Crippen LogP contribution in [-0.2, 0) is 0 Å². The number of hydrogen-bond donors (Lipinski definition) is 3. The van der Waals surface area contributed by atoms with E-state index in [-0.39, 0.29) is 23.2 Å². The molecule has 1 amide bonds. The number of aromatic amines is 1. The lowest BCUT2D eigenvalue weighted by molar-refractivity contribution is 0.0691. The van der Waals surface area contributed by atoms with E-state index in [9.17, 15) is 9.59 Å². The fourth-order valence-corrected chi connectivity index (χ4v) is 2.06. The molecule has 0 aliphatic carbocycles. The summed E-state index contributed by atoms with van der Waals surface area (Å²) in [5, 5.41) is 12.1. The molecule has 0 aliphatic rings. The van der Waals surface area contributed by atoms with Crippen LogP contribution in [0.1, 0.15) is 39.6 Å². The van der Waals surface area contributed by atoms with Crippen LogP contribution in [0.15, 0.2) is 30.3 Å². The summed E-state index contributed by atoms with van der Waals surface area (Å²) in [5.74, 6) is -1.44. The Balaban J connectivity index is 2.29. The fourth-order valence-electron chi connectivity index (χ4n) is 1.93. The first-order valence-electron chi connectivity index (χ1n) is 6.53. The minimum absolute atomic E-state index is 0.0701. The minimum atomic E-state index is -1.17. The van der Waals surface area contributed by atoms with E-state index in [0.717, 1.165) is 5.56 Å². The Hall–Kier alpha value is -2.47. The smallest absolute Gasteiger partial charge is 0.352 e. The number of rotatable bonds is 5. The Bertz CT molecular complexity index is 694. The van der Waals surface area contributed by atoms with Crippen LogP contribution in [0.2, 0.25) is 5.02 Å². The predicted molar refractivity (Wildman–Crippen MR) is 81.6 cm³/mol. The highest BCUT2D eigenvalue weighted by Gasteiger charge is 2.21. The average Bonchev–Trinajstić information content (AvgIpc) is 2.91. The molecular weight excluding hydrogens is 308 g/mol. The third-order valence-corrected chi connectivity index (χ3v) is 3.36. The first kappa shape index (κ1) is 15.9. The van der Waals surface area contributed by atoms with E-state index < -0.39 is 11.9 Å². The van der Waals surface area contributed by atoms with Gasteiger partial charge in [-0.1, -0.05) is 23.7 Å². The highest BCUT2D eigenvalue weighted by atomic mass is 35.5. The summed E-state index contributed by atoms with van der Waals surface area (Å²) in [7, 11) is 1.45. The zero-order valence-corrected chi connectivity index (χ0v) is 12.8. The van der Waals surface area contributed by atoms with E-state index in [1.54, 1.807) is 31.2 Å². The number of aromatic carboxylic acids is 1. The summed E-state index contributed by atoms with van der Waals surface area (Å²) in [6, 6.07) is 8.36. The molecule has 1 heterocycles. The van der Waals surface area contributed by atoms with Crippen molar-refractivity contribution in [3.8, 4) is 5.75 Å². The Labute approximate surface area is 132 Å². The SMILES string of the molecule is CNC(=O)c1[nH]c(C(=O)O)cc1O[C@@H](C)c1ccc(Cl)cc1. The van der Waals surface area contributed by atoms with Crippen LogP contribution in [0.3, 0.4) is 0 Å². The summed E-state index contributed by atoms with van der Waals surface area (Å²) in [4.78, 5) is 25.4. The van der Waals surface area contributed by atoms with Crippen molar-refractivity contribution in [1.29, 1.82) is 0 Å². The Kier molecular flexibility index (Phi) is 4.72. The van der Waals surface area contributed by atoms with E-state index in [1.807, 2.05) is 0 Å². The topological polar surface area (TPSA) is 91.4 Å². The number of H-pyrrole nitrogens is 1. The molecule has 0 saturated carbocycles. The molecule has 0 bridgehead atoms. The maximum atomic E-state index is 11.8. The number of carboxylic acid groups (broad SMARTS) is 1. The quantitative estimate of drug-likeness (QED) is 0.789. The molecule has 2 aromatic rings. The predicted octanol–water partition coefficient (Wildman–Crippen LogP) is 2.87. The molecule has 0 saturated heterocycles. The van der Waals surface area contributed by atoms with Crippen molar-refractivity contribution < 1.29 is 19.4 Å². The molecule has 22 heavy (non-hydrogen) atoms. The second kappa shape index (κ2) is 6.53. The van der Waals surface area contributed by atoms with Crippen LogP contribution in [0.4, 0.5) is 0 Å². The third kappa shape index (κ3) is 3.40. The lowest BCUT2D eigenvalue weighted by atomic mass is 10.1. The summed E-state index contributed by atoms with van der Waals surface area (Å²) < 4.78 is 5.73. The van der Waals surface area contributed by atoms with Gasteiger partial charge in [0.05, 0.1) is 0 Å². The van der Waals surface area contributed by atoms with Crippen molar-refractivity contribution in [2.45, 2.75) is 13.0 Å². The van der Waals surface area contributed by atoms with Crippen molar-refractivity contribution in [2.75, 3.05) is 7.05 Å². The molecule has 0 radical (unpaired) electrons. The van der Waals surface area contributed by atoms with Crippen LogP contribution >= 0.6 is 11.6 Å². The molecule has 6 nitrogen and oxygen atoms in total. The van der Waals surface area contributed by atoms with Crippen LogP contribution in [0, 0.1) is 0 Å². The monoisotopic (exact) mass is 322 g/mol. The minimum Gasteiger partial charge on any atom is -0.484 e. The van der Waals surface area contributed by atoms with Gasteiger partial charge in [-0.3, -0.25) is 4.79 Å². The molecule has 116 valence electrons. The normalized spacial score (nSPS) is 11.8. The number of halogens is 1. The lowest BCUT2D eigenvalue weighted by Crippen LogP contribution is -2.19. The van der Waals surface area contributed by atoms with Gasteiger partial charge >= 0.3 is 5.97 Å². The zero-order chi connectivity index (χ0) is 16.3. The largest absolute Gasteiger partial charge is 0.484 e. The second-order valence-electron chi connectivity index (χ2n) is 4.62. The number of aromatic nitrogens is 1. The molecule has 1 atom stereocenters. The first-order valence-corrected chi connectivity index (χ1v) is 6.90. The number of carboxylic acids is 1. The summed E-state index contributed by atoms with van der Waals surface area (Å²) in [6.07, 6.45) is -0.377. The lowest BCUT2D eigenvalue weighted by Gasteiger charge is -2.15. The van der Waals surface area contributed by atoms with E-state index in [4.69, 9.17) is 21.4 Å². The Morgan fingerprint density at radius 3 is 2.50 bits per heavy atom. The summed E-state index contributed by atoms with van der Waals surface area (Å²) >= 11 is 5.84. The molecule has 0 fully saturated rings. The van der Waals surface area contributed by atoms with Gasteiger partial charge in [-0.2, -0.15) is 0 Å². The molecule has 2 rings (SSSR count). The molecule has 0 unspecified atom stereocenters. The van der Waals surface area contributed by atoms with Crippen molar-refractivity contribution in [3.05, 3.63) is 52.3 Å². The van der Waals surface area contributed by atoms with Gasteiger partial charge in [0, 0.05) is 18.1 Å². The van der Waals surface area contributed by atoms with Gasteiger partial charge in [-0.15, -0.1) is 0 Å². The number of ether oxygens (including phenoxy) is 1. The summed E-state index contributed by atoms with van der Waals surface area (Å²) in [5.41, 5.74) is 0.808. The van der Waals surface area contributed by atoms with E-state index >= 15 is 0 Å². The maximum Gasteiger partial charge on any atom is 0.352 e. The number of carbonyl (C=O) groups is 2. The zero-order valence-electron chi connectivity index (χ0n) is 12.0. The number of amides is 1. The number of hydrogen-bond acceptors (Lipinski definition) is 3. The molecular formula is C15H15ClN2O4. The summed E-state index contributed by atoms with van der Waals surface area (Å²) in [6.45, 7) is 1.80. The van der Waals surface area contributed by atoms with Gasteiger partial charge in [0.2, 0.25) is 0 Å². The first-order chi connectivity index (χ1) is 10.4. The standard InChI is InChI=1S/C15H15ClN2O4/c1-8(9-3-5-10(16)6-4-9)22-12-7-11(15(20)21)18-13(12)14(19)17-2/h3-8,18H,1-2H3,(H,17,19)(H,20,21)/t8-/m0/s1. The van der Waals surface area contributed by atoms with Crippen molar-refractivity contribution in [2.24, 2.45) is 0 Å². The molecule has 7 heteroatoms. The maximum absolute atomic E-state index is 11.8. The van der Waals surface area contributed by atoms with Gasteiger partial charge in [-0.05, 0) is 24.6 Å². The fraction of sp³-hybridized carbons (Fsp3) is 0.200. The van der Waals surface area contributed by atoms with E-state index in [1.165, 1.54) is 13.1 Å². The van der Waals surface area contributed by atoms with Crippen LogP contribution in [0.5, 0.6) is 5.75 Å². The average molecular weight is 323 g/mol. The highest BCUT2D eigenvalue weighted by Crippen LogP contribution is 2.27.